The Morgan fingerprint density at radius 2 is 1.86 bits per heavy atom. The summed E-state index contributed by atoms with van der Waals surface area (Å²) < 4.78 is 4.91. The molecule has 0 aromatic carbocycles. The van der Waals surface area contributed by atoms with E-state index in [0.717, 1.165) is 12.8 Å². The van der Waals surface area contributed by atoms with Gasteiger partial charge in [0.05, 0.1) is 12.9 Å². The van der Waals surface area contributed by atoms with Crippen molar-refractivity contribution in [3.8, 4) is 23.7 Å². The summed E-state index contributed by atoms with van der Waals surface area (Å²) in [5.74, 6) is 10.5. The van der Waals surface area contributed by atoms with Crippen LogP contribution in [-0.4, -0.2) is 40.7 Å². The molecule has 0 spiro atoms. The molecular weight excluding hydrogens is 268 g/mol. The number of allylic oxidation sites excluding steroid dienone is 1. The minimum Gasteiger partial charge on any atom is -0.498 e. The van der Waals surface area contributed by atoms with E-state index in [-0.39, 0.29) is 13.2 Å². The Hall–Kier alpha value is -1.46. The summed E-state index contributed by atoms with van der Waals surface area (Å²) in [4.78, 5) is 0. The van der Waals surface area contributed by atoms with Crippen LogP contribution < -0.4 is 0 Å². The number of aliphatic hydroxyl groups excluding tert-OH is 3. The first kappa shape index (κ1) is 19.5. The molecule has 0 saturated heterocycles. The maximum absolute atomic E-state index is 9.60. The summed E-state index contributed by atoms with van der Waals surface area (Å²) in [5.41, 5.74) is 0. The SMILES string of the molecule is CCCCCCCC(O)C#CC#C/C=C\OCC(O)CO. The van der Waals surface area contributed by atoms with Gasteiger partial charge in [0.25, 0.3) is 0 Å². The minimum absolute atomic E-state index is 0.0249. The van der Waals surface area contributed by atoms with Crippen molar-refractivity contribution < 1.29 is 20.1 Å². The summed E-state index contributed by atoms with van der Waals surface area (Å²) in [5, 5.41) is 27.1. The van der Waals surface area contributed by atoms with Gasteiger partial charge in [-0.1, -0.05) is 44.4 Å². The fraction of sp³-hybridized carbons (Fsp3) is 0.647. The van der Waals surface area contributed by atoms with Gasteiger partial charge in [0.2, 0.25) is 0 Å². The predicted molar refractivity (Wildman–Crippen MR) is 83.1 cm³/mol. The lowest BCUT2D eigenvalue weighted by Crippen LogP contribution is -2.17. The van der Waals surface area contributed by atoms with Gasteiger partial charge < -0.3 is 20.1 Å². The van der Waals surface area contributed by atoms with Crippen molar-refractivity contribution in [2.24, 2.45) is 0 Å². The van der Waals surface area contributed by atoms with Crippen molar-refractivity contribution in [1.82, 2.24) is 0 Å². The van der Waals surface area contributed by atoms with Crippen LogP contribution in [0.25, 0.3) is 0 Å². The van der Waals surface area contributed by atoms with E-state index in [1.807, 2.05) is 0 Å². The molecule has 0 aliphatic heterocycles. The third-order valence-electron chi connectivity index (χ3n) is 2.70. The third kappa shape index (κ3) is 14.8. The van der Waals surface area contributed by atoms with Gasteiger partial charge in [-0.05, 0) is 24.7 Å². The molecule has 118 valence electrons. The Balaban J connectivity index is 3.71. The number of hydrogen-bond acceptors (Lipinski definition) is 4. The van der Waals surface area contributed by atoms with Crippen molar-refractivity contribution in [2.75, 3.05) is 13.2 Å². The highest BCUT2D eigenvalue weighted by molar-refractivity contribution is 5.31. The fourth-order valence-electron chi connectivity index (χ4n) is 1.51. The first-order chi connectivity index (χ1) is 10.2. The molecule has 0 aromatic rings. The summed E-state index contributed by atoms with van der Waals surface area (Å²) in [7, 11) is 0. The van der Waals surface area contributed by atoms with Gasteiger partial charge in [0, 0.05) is 6.08 Å². The summed E-state index contributed by atoms with van der Waals surface area (Å²) >= 11 is 0. The quantitative estimate of drug-likeness (QED) is 0.325. The molecule has 0 heterocycles. The van der Waals surface area contributed by atoms with Crippen molar-refractivity contribution in [2.45, 2.75) is 57.7 Å². The molecule has 21 heavy (non-hydrogen) atoms. The molecule has 0 rings (SSSR count). The number of ether oxygens (including phenoxy) is 1. The van der Waals surface area contributed by atoms with Crippen LogP contribution in [0, 0.1) is 23.7 Å². The van der Waals surface area contributed by atoms with E-state index in [2.05, 4.69) is 30.6 Å². The second-order valence-electron chi connectivity index (χ2n) is 4.73. The van der Waals surface area contributed by atoms with E-state index in [1.165, 1.54) is 31.6 Å². The number of hydrogen-bond donors (Lipinski definition) is 3. The lowest BCUT2D eigenvalue weighted by molar-refractivity contribution is 0.0385. The predicted octanol–water partition coefficient (Wildman–Crippen LogP) is 1.60. The van der Waals surface area contributed by atoms with Crippen molar-refractivity contribution >= 4 is 0 Å². The van der Waals surface area contributed by atoms with Crippen LogP contribution in [0.5, 0.6) is 0 Å². The molecule has 0 radical (unpaired) electrons. The van der Waals surface area contributed by atoms with Gasteiger partial charge in [-0.2, -0.15) is 0 Å². The zero-order chi connectivity index (χ0) is 15.8. The fourth-order valence-corrected chi connectivity index (χ4v) is 1.51. The molecule has 4 heteroatoms. The van der Waals surface area contributed by atoms with Crippen LogP contribution in [-0.2, 0) is 4.74 Å². The molecule has 0 bridgehead atoms. The van der Waals surface area contributed by atoms with E-state index < -0.39 is 12.2 Å². The Kier molecular flexibility index (Phi) is 13.9. The third-order valence-corrected chi connectivity index (χ3v) is 2.70. The average molecular weight is 294 g/mol. The molecule has 2 unspecified atom stereocenters. The zero-order valence-electron chi connectivity index (χ0n) is 12.7. The second kappa shape index (κ2) is 14.9. The zero-order valence-corrected chi connectivity index (χ0v) is 12.7. The van der Waals surface area contributed by atoms with Crippen LogP contribution in [0.2, 0.25) is 0 Å². The lowest BCUT2D eigenvalue weighted by Gasteiger charge is -2.04. The van der Waals surface area contributed by atoms with E-state index in [1.54, 1.807) is 0 Å². The van der Waals surface area contributed by atoms with Crippen LogP contribution in [0.3, 0.4) is 0 Å². The monoisotopic (exact) mass is 294 g/mol. The molecule has 0 saturated carbocycles. The molecule has 0 fully saturated rings. The minimum atomic E-state index is -0.880. The van der Waals surface area contributed by atoms with E-state index in [4.69, 9.17) is 14.9 Å². The number of rotatable bonds is 10. The first-order valence-electron chi connectivity index (χ1n) is 7.45. The standard InChI is InChI=1S/C17H26O4/c1-2-3-4-5-8-11-16(19)12-9-6-7-10-13-21-15-17(20)14-18/h10,13,16-20H,2-5,8,11,14-15H2,1H3/b13-10-. The highest BCUT2D eigenvalue weighted by Crippen LogP contribution is 2.06. The van der Waals surface area contributed by atoms with Crippen LogP contribution >= 0.6 is 0 Å². The average Bonchev–Trinajstić information content (AvgIpc) is 2.49. The van der Waals surface area contributed by atoms with Gasteiger partial charge in [-0.25, -0.2) is 0 Å². The highest BCUT2D eigenvalue weighted by atomic mass is 16.5. The Morgan fingerprint density at radius 3 is 2.57 bits per heavy atom. The van der Waals surface area contributed by atoms with E-state index >= 15 is 0 Å². The maximum atomic E-state index is 9.60. The largest absolute Gasteiger partial charge is 0.498 e. The van der Waals surface area contributed by atoms with Gasteiger partial charge in [0.1, 0.15) is 18.8 Å². The van der Waals surface area contributed by atoms with Gasteiger partial charge in [0.15, 0.2) is 0 Å². The molecule has 0 amide bonds. The van der Waals surface area contributed by atoms with E-state index in [0.29, 0.717) is 6.42 Å². The molecule has 2 atom stereocenters. The Labute approximate surface area is 127 Å². The van der Waals surface area contributed by atoms with Gasteiger partial charge in [-0.3, -0.25) is 0 Å². The van der Waals surface area contributed by atoms with Crippen LogP contribution in [0.15, 0.2) is 12.3 Å². The molecule has 0 aliphatic carbocycles. The Morgan fingerprint density at radius 1 is 1.10 bits per heavy atom. The molecular formula is C17H26O4. The number of unbranched alkanes of at least 4 members (excludes halogenated alkanes) is 4. The summed E-state index contributed by atoms with van der Waals surface area (Å²) in [6.07, 6.45) is 7.79. The Bertz CT molecular complexity index is 381. The second-order valence-corrected chi connectivity index (χ2v) is 4.73. The lowest BCUT2D eigenvalue weighted by atomic mass is 10.1. The van der Waals surface area contributed by atoms with Crippen LogP contribution in [0.1, 0.15) is 45.4 Å². The van der Waals surface area contributed by atoms with Gasteiger partial charge in [-0.15, -0.1) is 0 Å². The van der Waals surface area contributed by atoms with Gasteiger partial charge >= 0.3 is 0 Å². The summed E-state index contributed by atoms with van der Waals surface area (Å²) in [6.45, 7) is 1.87. The molecule has 3 N–H and O–H groups in total. The normalized spacial score (nSPS) is 13.0. The van der Waals surface area contributed by atoms with E-state index in [9.17, 15) is 5.11 Å². The smallest absolute Gasteiger partial charge is 0.115 e. The van der Waals surface area contributed by atoms with Crippen molar-refractivity contribution in [3.63, 3.8) is 0 Å². The van der Waals surface area contributed by atoms with Crippen molar-refractivity contribution in [3.05, 3.63) is 12.3 Å². The topological polar surface area (TPSA) is 69.9 Å². The molecule has 0 aliphatic rings. The molecule has 0 aromatic heterocycles. The van der Waals surface area contributed by atoms with Crippen molar-refractivity contribution in [1.29, 1.82) is 0 Å². The van der Waals surface area contributed by atoms with Crippen LogP contribution in [0.4, 0.5) is 0 Å². The number of aliphatic hydroxyl groups is 3. The maximum Gasteiger partial charge on any atom is 0.115 e. The molecule has 4 nitrogen and oxygen atoms in total. The first-order valence-corrected chi connectivity index (χ1v) is 7.45. The summed E-state index contributed by atoms with van der Waals surface area (Å²) in [6, 6.07) is 0. The highest BCUT2D eigenvalue weighted by Gasteiger charge is 1.99.